The maximum Gasteiger partial charge on any atom is 0.336 e. The number of aromatic nitrogens is 1. The Hall–Kier alpha value is -2.85. The van der Waals surface area contributed by atoms with Gasteiger partial charge in [0.1, 0.15) is 11.3 Å². The lowest BCUT2D eigenvalue weighted by Gasteiger charge is -2.05. The molecule has 0 fully saturated rings. The molecule has 0 unspecified atom stereocenters. The number of carbonyl (C=O) groups is 1. The molecular formula is C19H15ClNO3-. The average molecular weight is 341 g/mol. The van der Waals surface area contributed by atoms with Crippen LogP contribution in [0.4, 0.5) is 0 Å². The van der Waals surface area contributed by atoms with E-state index < -0.39 is 5.97 Å². The van der Waals surface area contributed by atoms with Crippen molar-refractivity contribution in [3.63, 3.8) is 0 Å². The molecule has 0 aliphatic heterocycles. The highest BCUT2D eigenvalue weighted by Crippen LogP contribution is 2.23. The van der Waals surface area contributed by atoms with E-state index in [1.807, 2.05) is 48.5 Å². The van der Waals surface area contributed by atoms with Crippen LogP contribution in [-0.4, -0.2) is 18.1 Å². The fraction of sp³-hybridized carbons (Fsp3) is 0.0526. The number of fused-ring (bicyclic) bond motifs is 1. The first-order chi connectivity index (χ1) is 11.3. The summed E-state index contributed by atoms with van der Waals surface area (Å²) in [5.41, 5.74) is 1.47. The minimum Gasteiger partial charge on any atom is -1.00 e. The number of methoxy groups -OCH3 is 1. The number of nitrogens with zero attached hydrogens (tertiary/aromatic N) is 1. The van der Waals surface area contributed by atoms with Crippen molar-refractivity contribution in [3.05, 3.63) is 72.4 Å². The van der Waals surface area contributed by atoms with E-state index in [0.717, 1.165) is 10.9 Å². The molecule has 4 nitrogen and oxygen atoms in total. The second-order valence-electron chi connectivity index (χ2n) is 4.83. The van der Waals surface area contributed by atoms with Crippen molar-refractivity contribution in [2.45, 2.75) is 0 Å². The van der Waals surface area contributed by atoms with Crippen LogP contribution < -0.4 is 21.9 Å². The predicted molar refractivity (Wildman–Crippen MR) is 89.4 cm³/mol. The van der Waals surface area contributed by atoms with Gasteiger partial charge in [-0.05, 0) is 24.3 Å². The number of halogens is 1. The van der Waals surface area contributed by atoms with Crippen molar-refractivity contribution in [1.82, 2.24) is 4.98 Å². The zero-order chi connectivity index (χ0) is 16.1. The number of benzene rings is 2. The van der Waals surface area contributed by atoms with E-state index >= 15 is 0 Å². The number of esters is 1. The van der Waals surface area contributed by atoms with Crippen molar-refractivity contribution in [2.24, 2.45) is 0 Å². The fourth-order valence-corrected chi connectivity index (χ4v) is 2.26. The number of carbonyl (C=O) groups excluding carboxylic acids is 1. The van der Waals surface area contributed by atoms with Crippen molar-refractivity contribution in [1.29, 1.82) is 0 Å². The van der Waals surface area contributed by atoms with Gasteiger partial charge in [0.2, 0.25) is 0 Å². The van der Waals surface area contributed by atoms with Crippen LogP contribution in [0.2, 0.25) is 0 Å². The SMILES string of the molecule is COc1ccccc1/C=C/C(=O)Oc1cccc2cccnc12.[Cl-]. The van der Waals surface area contributed by atoms with Gasteiger partial charge in [-0.3, -0.25) is 4.98 Å². The third kappa shape index (κ3) is 3.91. The molecule has 0 saturated heterocycles. The van der Waals surface area contributed by atoms with Gasteiger partial charge >= 0.3 is 5.97 Å². The zero-order valence-electron chi connectivity index (χ0n) is 13.0. The Kier molecular flexibility index (Phi) is 5.93. The molecule has 0 amide bonds. The highest BCUT2D eigenvalue weighted by Gasteiger charge is 2.06. The molecule has 0 N–H and O–H groups in total. The topological polar surface area (TPSA) is 48.4 Å². The average Bonchev–Trinajstić information content (AvgIpc) is 2.60. The molecule has 0 radical (unpaired) electrons. The van der Waals surface area contributed by atoms with Gasteiger partial charge in [0, 0.05) is 23.2 Å². The highest BCUT2D eigenvalue weighted by molar-refractivity contribution is 5.92. The first-order valence-electron chi connectivity index (χ1n) is 7.14. The maximum absolute atomic E-state index is 12.1. The van der Waals surface area contributed by atoms with Gasteiger partial charge in [-0.25, -0.2) is 4.79 Å². The van der Waals surface area contributed by atoms with Crippen LogP contribution in [0, 0.1) is 0 Å². The van der Waals surface area contributed by atoms with Crippen molar-refractivity contribution < 1.29 is 26.7 Å². The Balaban J connectivity index is 0.00000208. The Labute approximate surface area is 146 Å². The lowest BCUT2D eigenvalue weighted by atomic mass is 10.2. The second-order valence-corrected chi connectivity index (χ2v) is 4.83. The Morgan fingerprint density at radius 3 is 2.58 bits per heavy atom. The van der Waals surface area contributed by atoms with E-state index in [4.69, 9.17) is 9.47 Å². The minimum absolute atomic E-state index is 0. The van der Waals surface area contributed by atoms with Crippen molar-refractivity contribution in [3.8, 4) is 11.5 Å². The quantitative estimate of drug-likeness (QED) is 0.402. The van der Waals surface area contributed by atoms with E-state index in [-0.39, 0.29) is 12.4 Å². The van der Waals surface area contributed by atoms with Crippen LogP contribution >= 0.6 is 0 Å². The lowest BCUT2D eigenvalue weighted by Crippen LogP contribution is -3.00. The standard InChI is InChI=1S/C19H15NO3.ClH/c1-22-16-9-3-2-6-14(16)11-12-18(21)23-17-10-4-7-15-8-5-13-20-19(15)17;/h2-13H,1H3;1H/p-1/b12-11+;. The van der Waals surface area contributed by atoms with E-state index in [0.29, 0.717) is 17.0 Å². The molecule has 0 aliphatic carbocycles. The van der Waals surface area contributed by atoms with Crippen LogP contribution in [0.25, 0.3) is 17.0 Å². The Bertz CT molecular complexity index is 872. The molecule has 0 saturated carbocycles. The van der Waals surface area contributed by atoms with Gasteiger partial charge in [0.25, 0.3) is 0 Å². The van der Waals surface area contributed by atoms with Crippen LogP contribution in [0.5, 0.6) is 11.5 Å². The molecule has 122 valence electrons. The largest absolute Gasteiger partial charge is 1.00 e. The summed E-state index contributed by atoms with van der Waals surface area (Å²) in [5, 5.41) is 0.923. The number of rotatable bonds is 4. The number of para-hydroxylation sites is 2. The van der Waals surface area contributed by atoms with Gasteiger partial charge < -0.3 is 21.9 Å². The van der Waals surface area contributed by atoms with Gasteiger partial charge in [-0.15, -0.1) is 0 Å². The number of ether oxygens (including phenoxy) is 2. The van der Waals surface area contributed by atoms with Crippen LogP contribution in [0.1, 0.15) is 5.56 Å². The first-order valence-corrected chi connectivity index (χ1v) is 7.14. The monoisotopic (exact) mass is 340 g/mol. The van der Waals surface area contributed by atoms with Gasteiger partial charge in [-0.1, -0.05) is 36.4 Å². The van der Waals surface area contributed by atoms with Crippen molar-refractivity contribution >= 4 is 22.9 Å². The van der Waals surface area contributed by atoms with Gasteiger partial charge in [-0.2, -0.15) is 0 Å². The number of hydrogen-bond acceptors (Lipinski definition) is 4. The molecule has 0 bridgehead atoms. The molecular weight excluding hydrogens is 326 g/mol. The summed E-state index contributed by atoms with van der Waals surface area (Å²) in [6.45, 7) is 0. The molecule has 0 spiro atoms. The van der Waals surface area contributed by atoms with Crippen LogP contribution in [0.15, 0.2) is 66.9 Å². The predicted octanol–water partition coefficient (Wildman–Crippen LogP) is 0.866. The summed E-state index contributed by atoms with van der Waals surface area (Å²) in [7, 11) is 1.59. The summed E-state index contributed by atoms with van der Waals surface area (Å²) in [6.07, 6.45) is 4.71. The lowest BCUT2D eigenvalue weighted by molar-refractivity contribution is -0.128. The van der Waals surface area contributed by atoms with Gasteiger partial charge in [0.05, 0.1) is 7.11 Å². The molecule has 0 aliphatic rings. The number of hydrogen-bond donors (Lipinski definition) is 0. The molecule has 3 aromatic rings. The van der Waals surface area contributed by atoms with E-state index in [2.05, 4.69) is 4.98 Å². The second kappa shape index (κ2) is 8.13. The Morgan fingerprint density at radius 2 is 1.75 bits per heavy atom. The normalized spacial score (nSPS) is 10.4. The molecule has 0 atom stereocenters. The molecule has 24 heavy (non-hydrogen) atoms. The van der Waals surface area contributed by atoms with E-state index in [9.17, 15) is 4.79 Å². The minimum atomic E-state index is -0.464. The van der Waals surface area contributed by atoms with E-state index in [1.54, 1.807) is 25.4 Å². The summed E-state index contributed by atoms with van der Waals surface area (Å²) < 4.78 is 10.6. The molecule has 3 rings (SSSR count). The molecule has 1 aromatic heterocycles. The maximum atomic E-state index is 12.1. The van der Waals surface area contributed by atoms with E-state index in [1.165, 1.54) is 6.08 Å². The smallest absolute Gasteiger partial charge is 0.336 e. The molecule has 1 heterocycles. The van der Waals surface area contributed by atoms with Gasteiger partial charge in [0.15, 0.2) is 5.75 Å². The summed E-state index contributed by atoms with van der Waals surface area (Å²) in [6, 6.07) is 16.7. The number of pyridine rings is 1. The molecule has 5 heteroatoms. The fourth-order valence-electron chi connectivity index (χ4n) is 2.26. The molecule has 2 aromatic carbocycles. The zero-order valence-corrected chi connectivity index (χ0v) is 13.7. The third-order valence-electron chi connectivity index (χ3n) is 3.34. The van der Waals surface area contributed by atoms with Crippen molar-refractivity contribution in [2.75, 3.05) is 7.11 Å². The summed E-state index contributed by atoms with van der Waals surface area (Å²) in [5.74, 6) is 0.676. The first kappa shape index (κ1) is 17.5. The summed E-state index contributed by atoms with van der Waals surface area (Å²) >= 11 is 0. The Morgan fingerprint density at radius 1 is 1.00 bits per heavy atom. The third-order valence-corrected chi connectivity index (χ3v) is 3.34. The van der Waals surface area contributed by atoms with Crippen LogP contribution in [-0.2, 0) is 4.79 Å². The van der Waals surface area contributed by atoms with Crippen LogP contribution in [0.3, 0.4) is 0 Å². The highest BCUT2D eigenvalue weighted by atomic mass is 35.5. The summed E-state index contributed by atoms with van der Waals surface area (Å²) in [4.78, 5) is 16.3.